The van der Waals surface area contributed by atoms with E-state index >= 15 is 0 Å². The van der Waals surface area contributed by atoms with Crippen molar-refractivity contribution < 1.29 is 13.6 Å². The Bertz CT molecular complexity index is 999. The number of hydrogen-bond acceptors (Lipinski definition) is 2. The molecule has 6 heteroatoms. The lowest BCUT2D eigenvalue weighted by atomic mass is 9.82. The van der Waals surface area contributed by atoms with Crippen molar-refractivity contribution in [3.63, 3.8) is 0 Å². The number of amides is 1. The van der Waals surface area contributed by atoms with Crippen molar-refractivity contribution >= 4 is 11.9 Å². The molecule has 3 aromatic carbocycles. The van der Waals surface area contributed by atoms with Gasteiger partial charge in [-0.15, -0.1) is 0 Å². The number of carbonyl (C=O) groups excluding carboxylic acids is 1. The highest BCUT2D eigenvalue weighted by molar-refractivity contribution is 6.10. The maximum atomic E-state index is 14.1. The summed E-state index contributed by atoms with van der Waals surface area (Å²) in [6, 6.07) is 22.0. The summed E-state index contributed by atoms with van der Waals surface area (Å²) in [7, 11) is 0. The van der Waals surface area contributed by atoms with Gasteiger partial charge in [0.2, 0.25) is 0 Å². The van der Waals surface area contributed by atoms with E-state index < -0.39 is 23.1 Å². The second kappa shape index (κ2) is 6.88. The summed E-state index contributed by atoms with van der Waals surface area (Å²) >= 11 is 0. The highest BCUT2D eigenvalue weighted by atomic mass is 19.2. The third kappa shape index (κ3) is 2.74. The van der Waals surface area contributed by atoms with Crippen molar-refractivity contribution in [1.82, 2.24) is 10.2 Å². The summed E-state index contributed by atoms with van der Waals surface area (Å²) in [5.41, 5.74) is 0.0387. The third-order valence-corrected chi connectivity index (χ3v) is 4.92. The second-order valence-electron chi connectivity index (χ2n) is 6.56. The Morgan fingerprint density at radius 1 is 0.857 bits per heavy atom. The Balaban J connectivity index is 1.80. The lowest BCUT2D eigenvalue weighted by Crippen LogP contribution is -2.45. The molecule has 0 radical (unpaired) electrons. The van der Waals surface area contributed by atoms with Crippen LogP contribution < -0.4 is 5.32 Å². The number of halogens is 2. The van der Waals surface area contributed by atoms with Gasteiger partial charge >= 0.3 is 0 Å². The molecule has 0 saturated carbocycles. The Hall–Kier alpha value is -3.54. The van der Waals surface area contributed by atoms with Gasteiger partial charge in [0, 0.05) is 5.56 Å². The van der Waals surface area contributed by atoms with Crippen LogP contribution in [0.25, 0.3) is 0 Å². The van der Waals surface area contributed by atoms with Gasteiger partial charge in [-0.05, 0) is 17.2 Å². The van der Waals surface area contributed by atoms with E-state index in [1.807, 2.05) is 36.4 Å². The minimum absolute atomic E-state index is 0.0109. The SMILES string of the molecule is N=C1NC(c2ccccc2)(c2ccccc2)C(=O)N1Cc1cccc(F)c1F. The number of carbonyl (C=O) groups is 1. The number of nitrogens with one attached hydrogen (secondary N) is 2. The fraction of sp³-hybridized carbons (Fsp3) is 0.0909. The highest BCUT2D eigenvalue weighted by Gasteiger charge is 2.52. The van der Waals surface area contributed by atoms with Crippen LogP contribution in [0.4, 0.5) is 8.78 Å². The molecule has 1 amide bonds. The highest BCUT2D eigenvalue weighted by Crippen LogP contribution is 2.36. The molecule has 1 saturated heterocycles. The zero-order valence-corrected chi connectivity index (χ0v) is 14.8. The van der Waals surface area contributed by atoms with Gasteiger partial charge in [0.1, 0.15) is 0 Å². The van der Waals surface area contributed by atoms with Crippen molar-refractivity contribution in [2.75, 3.05) is 0 Å². The van der Waals surface area contributed by atoms with Crippen LogP contribution in [-0.4, -0.2) is 16.8 Å². The zero-order chi connectivity index (χ0) is 19.7. The summed E-state index contributed by atoms with van der Waals surface area (Å²) in [5.74, 6) is -2.58. The molecular weight excluding hydrogens is 360 g/mol. The molecule has 1 aliphatic heterocycles. The van der Waals surface area contributed by atoms with E-state index in [1.54, 1.807) is 24.3 Å². The lowest BCUT2D eigenvalue weighted by Gasteiger charge is -2.28. The standard InChI is InChI=1S/C22H17F2N3O/c23-18-13-7-8-15(19(18)24)14-27-20(28)22(26-21(27)25,16-9-3-1-4-10-16)17-11-5-2-6-12-17/h1-13H,14H2,(H2,25,26). The van der Waals surface area contributed by atoms with Crippen molar-refractivity contribution in [3.05, 3.63) is 107 Å². The average molecular weight is 377 g/mol. The summed E-state index contributed by atoms with van der Waals surface area (Å²) in [6.45, 7) is -0.240. The number of hydrogen-bond donors (Lipinski definition) is 2. The molecule has 1 fully saturated rings. The van der Waals surface area contributed by atoms with Crippen LogP contribution in [0.3, 0.4) is 0 Å². The minimum Gasteiger partial charge on any atom is -0.334 e. The Morgan fingerprint density at radius 3 is 2.00 bits per heavy atom. The van der Waals surface area contributed by atoms with Crippen LogP contribution in [0.5, 0.6) is 0 Å². The van der Waals surface area contributed by atoms with E-state index in [9.17, 15) is 13.6 Å². The topological polar surface area (TPSA) is 56.2 Å². The molecule has 1 heterocycles. The number of rotatable bonds is 4. The molecule has 140 valence electrons. The van der Waals surface area contributed by atoms with E-state index in [4.69, 9.17) is 5.41 Å². The summed E-state index contributed by atoms with van der Waals surface area (Å²) in [4.78, 5) is 14.7. The van der Waals surface area contributed by atoms with Crippen LogP contribution in [0.2, 0.25) is 0 Å². The second-order valence-corrected chi connectivity index (χ2v) is 6.56. The average Bonchev–Trinajstić information content (AvgIpc) is 2.98. The van der Waals surface area contributed by atoms with Crippen LogP contribution in [-0.2, 0) is 16.9 Å². The van der Waals surface area contributed by atoms with Gasteiger partial charge in [0.05, 0.1) is 6.54 Å². The van der Waals surface area contributed by atoms with E-state index in [0.717, 1.165) is 11.0 Å². The van der Waals surface area contributed by atoms with Gasteiger partial charge in [0.25, 0.3) is 5.91 Å². The summed E-state index contributed by atoms with van der Waals surface area (Å²) < 4.78 is 27.7. The molecule has 0 bridgehead atoms. The smallest absolute Gasteiger partial charge is 0.264 e. The van der Waals surface area contributed by atoms with E-state index in [2.05, 4.69) is 5.32 Å². The maximum Gasteiger partial charge on any atom is 0.264 e. The van der Waals surface area contributed by atoms with Gasteiger partial charge < -0.3 is 5.32 Å². The first-order valence-electron chi connectivity index (χ1n) is 8.76. The van der Waals surface area contributed by atoms with Gasteiger partial charge in [-0.1, -0.05) is 72.8 Å². The van der Waals surface area contributed by atoms with Crippen molar-refractivity contribution in [3.8, 4) is 0 Å². The zero-order valence-electron chi connectivity index (χ0n) is 14.8. The molecule has 0 spiro atoms. The first-order chi connectivity index (χ1) is 13.5. The number of nitrogens with zero attached hydrogens (tertiary/aromatic N) is 1. The normalized spacial score (nSPS) is 15.6. The Kier molecular flexibility index (Phi) is 4.39. The molecule has 1 aliphatic rings. The minimum atomic E-state index is -1.30. The van der Waals surface area contributed by atoms with E-state index in [1.165, 1.54) is 12.1 Å². The molecule has 4 nitrogen and oxygen atoms in total. The number of guanidine groups is 1. The van der Waals surface area contributed by atoms with Crippen molar-refractivity contribution in [2.45, 2.75) is 12.1 Å². The fourth-order valence-corrected chi connectivity index (χ4v) is 3.53. The molecule has 0 aromatic heterocycles. The van der Waals surface area contributed by atoms with Crippen molar-refractivity contribution in [1.29, 1.82) is 5.41 Å². The lowest BCUT2D eigenvalue weighted by molar-refractivity contribution is -0.130. The van der Waals surface area contributed by atoms with Gasteiger partial charge in [-0.3, -0.25) is 15.1 Å². The molecule has 0 unspecified atom stereocenters. The third-order valence-electron chi connectivity index (χ3n) is 4.92. The van der Waals surface area contributed by atoms with Gasteiger partial charge in [-0.25, -0.2) is 8.78 Å². The van der Waals surface area contributed by atoms with Gasteiger partial charge in [-0.2, -0.15) is 0 Å². The molecule has 0 aliphatic carbocycles. The first kappa shape index (κ1) is 17.9. The van der Waals surface area contributed by atoms with Crippen molar-refractivity contribution in [2.24, 2.45) is 0 Å². The summed E-state index contributed by atoms with van der Waals surface area (Å²) in [5, 5.41) is 11.3. The monoisotopic (exact) mass is 377 g/mol. The Labute approximate surface area is 160 Å². The van der Waals surface area contributed by atoms with E-state index in [-0.39, 0.29) is 18.1 Å². The van der Waals surface area contributed by atoms with Gasteiger partial charge in [0.15, 0.2) is 23.1 Å². The van der Waals surface area contributed by atoms with Crippen LogP contribution in [0.1, 0.15) is 16.7 Å². The van der Waals surface area contributed by atoms with Crippen LogP contribution in [0, 0.1) is 17.0 Å². The van der Waals surface area contributed by atoms with Crippen LogP contribution in [0.15, 0.2) is 78.9 Å². The molecule has 4 rings (SSSR count). The molecule has 3 aromatic rings. The fourth-order valence-electron chi connectivity index (χ4n) is 3.53. The largest absolute Gasteiger partial charge is 0.334 e. The summed E-state index contributed by atoms with van der Waals surface area (Å²) in [6.07, 6.45) is 0. The predicted octanol–water partition coefficient (Wildman–Crippen LogP) is 3.78. The molecular formula is C22H17F2N3O. The predicted molar refractivity (Wildman–Crippen MR) is 101 cm³/mol. The Morgan fingerprint density at radius 2 is 1.43 bits per heavy atom. The molecule has 0 atom stereocenters. The molecule has 28 heavy (non-hydrogen) atoms. The molecule has 2 N–H and O–H groups in total. The quantitative estimate of drug-likeness (QED) is 0.727. The maximum absolute atomic E-state index is 14.1. The number of benzene rings is 3. The van der Waals surface area contributed by atoms with Crippen LogP contribution >= 0.6 is 0 Å². The first-order valence-corrected chi connectivity index (χ1v) is 8.76. The van der Waals surface area contributed by atoms with E-state index in [0.29, 0.717) is 11.1 Å².